The summed E-state index contributed by atoms with van der Waals surface area (Å²) in [4.78, 5) is 32.3. The Labute approximate surface area is 209 Å². The van der Waals surface area contributed by atoms with Gasteiger partial charge in [0, 0.05) is 42.5 Å². The molecular weight excluding hydrogens is 480 g/mol. The van der Waals surface area contributed by atoms with Gasteiger partial charge in [0.2, 0.25) is 11.7 Å². The van der Waals surface area contributed by atoms with E-state index in [1.807, 2.05) is 6.07 Å². The lowest BCUT2D eigenvalue weighted by Crippen LogP contribution is -2.41. The van der Waals surface area contributed by atoms with Crippen LogP contribution in [0.3, 0.4) is 0 Å². The van der Waals surface area contributed by atoms with Gasteiger partial charge in [-0.3, -0.25) is 9.78 Å². The van der Waals surface area contributed by atoms with Gasteiger partial charge in [-0.05, 0) is 43.2 Å². The molecule has 0 unspecified atom stereocenters. The first-order valence-corrected chi connectivity index (χ1v) is 12.1. The second kappa shape index (κ2) is 8.32. The van der Waals surface area contributed by atoms with Crippen molar-refractivity contribution in [2.45, 2.75) is 37.6 Å². The number of imidazole rings is 1. The Kier molecular flexibility index (Phi) is 4.91. The van der Waals surface area contributed by atoms with Crippen LogP contribution in [0.2, 0.25) is 0 Å². The first kappa shape index (κ1) is 21.8. The lowest BCUT2D eigenvalue weighted by molar-refractivity contribution is 0.0653. The predicted molar refractivity (Wildman–Crippen MR) is 127 cm³/mol. The highest BCUT2D eigenvalue weighted by Crippen LogP contribution is 2.44. The summed E-state index contributed by atoms with van der Waals surface area (Å²) in [5, 5.41) is 4.59. The fourth-order valence-electron chi connectivity index (χ4n) is 5.02. The lowest BCUT2D eigenvalue weighted by Gasteiger charge is -2.33. The number of hydrogen-bond donors (Lipinski definition) is 1. The molecule has 0 bridgehead atoms. The number of oxazole rings is 1. The minimum atomic E-state index is -2.65. The molecule has 5 aromatic heterocycles. The van der Waals surface area contributed by atoms with E-state index < -0.39 is 12.5 Å². The van der Waals surface area contributed by atoms with Crippen molar-refractivity contribution in [1.29, 1.82) is 0 Å². The van der Waals surface area contributed by atoms with Crippen molar-refractivity contribution < 1.29 is 18.0 Å². The summed E-state index contributed by atoms with van der Waals surface area (Å²) in [5.74, 6) is 0.313. The highest BCUT2D eigenvalue weighted by Gasteiger charge is 2.41. The van der Waals surface area contributed by atoms with Crippen LogP contribution in [0.1, 0.15) is 70.1 Å². The summed E-state index contributed by atoms with van der Waals surface area (Å²) in [6, 6.07) is 9.26. The molecule has 2 aliphatic rings. The van der Waals surface area contributed by atoms with Crippen LogP contribution in [0.25, 0.3) is 17.1 Å². The Bertz CT molecular complexity index is 1620. The molecule has 5 aromatic rings. The molecule has 0 spiro atoms. The van der Waals surface area contributed by atoms with E-state index >= 15 is 0 Å². The van der Waals surface area contributed by atoms with Crippen LogP contribution in [0, 0.1) is 0 Å². The lowest BCUT2D eigenvalue weighted by atomic mass is 9.98. The summed E-state index contributed by atoms with van der Waals surface area (Å²) in [7, 11) is 0. The van der Waals surface area contributed by atoms with Crippen LogP contribution in [-0.2, 0) is 6.42 Å². The van der Waals surface area contributed by atoms with E-state index in [2.05, 4.69) is 25.0 Å². The Morgan fingerprint density at radius 1 is 1.14 bits per heavy atom. The summed E-state index contributed by atoms with van der Waals surface area (Å²) in [6.45, 7) is 0.373. The van der Waals surface area contributed by atoms with Crippen LogP contribution < -0.4 is 0 Å². The highest BCUT2D eigenvalue weighted by molar-refractivity contribution is 5.94. The van der Waals surface area contributed by atoms with E-state index in [1.165, 1.54) is 16.6 Å². The quantitative estimate of drug-likeness (QED) is 0.374. The maximum atomic E-state index is 14.1. The largest absolute Gasteiger partial charge is 0.429 e. The third-order valence-corrected chi connectivity index (χ3v) is 6.95. The van der Waals surface area contributed by atoms with Gasteiger partial charge in [-0.15, -0.1) is 0 Å². The van der Waals surface area contributed by atoms with Crippen molar-refractivity contribution in [1.82, 2.24) is 34.4 Å². The molecule has 1 saturated carbocycles. The van der Waals surface area contributed by atoms with E-state index in [0.29, 0.717) is 47.1 Å². The molecular formula is C26H21F2N7O2. The second-order valence-corrected chi connectivity index (χ2v) is 9.30. The number of aromatic nitrogens is 6. The van der Waals surface area contributed by atoms with Crippen molar-refractivity contribution in [2.75, 3.05) is 6.54 Å². The number of rotatable bonds is 5. The zero-order chi connectivity index (χ0) is 25.1. The van der Waals surface area contributed by atoms with Crippen LogP contribution in [-0.4, -0.2) is 46.9 Å². The van der Waals surface area contributed by atoms with E-state index in [4.69, 9.17) is 4.42 Å². The highest BCUT2D eigenvalue weighted by atomic mass is 19.3. The number of nitrogens with zero attached hydrogens (tertiary/aromatic N) is 6. The summed E-state index contributed by atoms with van der Waals surface area (Å²) in [5.41, 5.74) is 3.32. The van der Waals surface area contributed by atoms with Gasteiger partial charge in [0.05, 0.1) is 28.9 Å². The van der Waals surface area contributed by atoms with Crippen molar-refractivity contribution >= 4 is 11.4 Å². The van der Waals surface area contributed by atoms with Gasteiger partial charge >= 0.3 is 0 Å². The summed E-state index contributed by atoms with van der Waals surface area (Å²) >= 11 is 0. The van der Waals surface area contributed by atoms with Crippen LogP contribution in [0.15, 0.2) is 59.5 Å². The van der Waals surface area contributed by atoms with Gasteiger partial charge in [0.25, 0.3) is 12.3 Å². The molecule has 1 N–H and O–H groups in total. The van der Waals surface area contributed by atoms with Gasteiger partial charge in [0.1, 0.15) is 11.7 Å². The summed E-state index contributed by atoms with van der Waals surface area (Å²) in [6.07, 6.45) is 4.62. The molecule has 1 aliphatic carbocycles. The molecule has 7 rings (SSSR count). The van der Waals surface area contributed by atoms with Crippen molar-refractivity contribution in [3.8, 4) is 11.6 Å². The normalized spacial score (nSPS) is 17.5. The number of alkyl halides is 2. The number of carbonyl (C=O) groups is 1. The zero-order valence-electron chi connectivity index (χ0n) is 19.5. The first-order chi connectivity index (χ1) is 18.1. The van der Waals surface area contributed by atoms with Gasteiger partial charge in [-0.2, -0.15) is 5.10 Å². The van der Waals surface area contributed by atoms with Crippen LogP contribution >= 0.6 is 0 Å². The van der Waals surface area contributed by atoms with Crippen molar-refractivity contribution in [3.05, 3.63) is 89.2 Å². The summed E-state index contributed by atoms with van der Waals surface area (Å²) < 4.78 is 34.9. The maximum Gasteiger partial charge on any atom is 0.292 e. The average Bonchev–Trinajstić information content (AvgIpc) is 3.31. The minimum absolute atomic E-state index is 0.122. The number of H-pyrrole nitrogens is 1. The standard InChI is InChI=1S/C26H21F2N7O2/c27-24(28)15-4-3-10-35-19(15)12-18(33-35)22-21-16(30-13-31-21)8-11-34(22)26(36)23-20(14-6-7-14)32-25(37-23)17-5-1-2-9-29-17/h1-5,9-10,12-14,22,24H,6-8,11H2,(H,30,31)/t22-/m1/s1. The molecule has 1 atom stereocenters. The second-order valence-electron chi connectivity index (χ2n) is 9.30. The molecule has 11 heteroatoms. The Morgan fingerprint density at radius 2 is 2.03 bits per heavy atom. The fourth-order valence-corrected chi connectivity index (χ4v) is 5.02. The number of fused-ring (bicyclic) bond motifs is 2. The van der Waals surface area contributed by atoms with Gasteiger partial charge < -0.3 is 14.3 Å². The Morgan fingerprint density at radius 3 is 2.81 bits per heavy atom. The van der Waals surface area contributed by atoms with Gasteiger partial charge in [-0.1, -0.05) is 6.07 Å². The third-order valence-electron chi connectivity index (χ3n) is 6.95. The number of halogens is 2. The number of aromatic amines is 1. The van der Waals surface area contributed by atoms with Gasteiger partial charge in [0.15, 0.2) is 0 Å². The Hall–Kier alpha value is -4.41. The molecule has 0 saturated heterocycles. The fraction of sp³-hybridized carbons (Fsp3) is 0.269. The maximum absolute atomic E-state index is 14.1. The molecule has 37 heavy (non-hydrogen) atoms. The van der Waals surface area contributed by atoms with Crippen LogP contribution in [0.4, 0.5) is 8.78 Å². The van der Waals surface area contributed by atoms with E-state index in [9.17, 15) is 13.6 Å². The topological polar surface area (TPSA) is 105 Å². The van der Waals surface area contributed by atoms with Crippen molar-refractivity contribution in [3.63, 3.8) is 0 Å². The van der Waals surface area contributed by atoms with Gasteiger partial charge in [-0.25, -0.2) is 23.3 Å². The number of pyridine rings is 2. The molecule has 9 nitrogen and oxygen atoms in total. The molecule has 1 fully saturated rings. The minimum Gasteiger partial charge on any atom is -0.429 e. The SMILES string of the molecule is O=C(c1oc(-c2ccccn2)nc1C1CC1)N1CCc2[nH]cnc2[C@H]1c1cc2c(C(F)F)cccn2n1. The molecule has 1 aliphatic heterocycles. The smallest absolute Gasteiger partial charge is 0.292 e. The monoisotopic (exact) mass is 501 g/mol. The first-order valence-electron chi connectivity index (χ1n) is 12.1. The number of hydrogen-bond acceptors (Lipinski definition) is 6. The molecule has 1 amide bonds. The third kappa shape index (κ3) is 3.61. The van der Waals surface area contributed by atoms with E-state index in [0.717, 1.165) is 18.5 Å². The molecule has 6 heterocycles. The van der Waals surface area contributed by atoms with E-state index in [-0.39, 0.29) is 23.1 Å². The number of carbonyl (C=O) groups excluding carboxylic acids is 1. The zero-order valence-corrected chi connectivity index (χ0v) is 19.5. The van der Waals surface area contributed by atoms with Crippen LogP contribution in [0.5, 0.6) is 0 Å². The Balaban J connectivity index is 1.34. The van der Waals surface area contributed by atoms with Crippen molar-refractivity contribution in [2.24, 2.45) is 0 Å². The molecule has 0 radical (unpaired) electrons. The molecule has 186 valence electrons. The average molecular weight is 501 g/mol. The number of amides is 1. The van der Waals surface area contributed by atoms with E-state index in [1.54, 1.807) is 41.8 Å². The predicted octanol–water partition coefficient (Wildman–Crippen LogP) is 4.71. The number of nitrogens with one attached hydrogen (secondary N) is 1. The molecule has 0 aromatic carbocycles.